The molecule has 0 spiro atoms. The van der Waals surface area contributed by atoms with Crippen molar-refractivity contribution >= 4 is 5.91 Å². The molecule has 1 amide bonds. The Kier molecular flexibility index (Phi) is 5.92. The van der Waals surface area contributed by atoms with Gasteiger partial charge >= 0.3 is 0 Å². The van der Waals surface area contributed by atoms with Crippen LogP contribution in [0.15, 0.2) is 0 Å². The van der Waals surface area contributed by atoms with Crippen molar-refractivity contribution in [1.29, 1.82) is 0 Å². The molecule has 1 atom stereocenters. The molecule has 1 aliphatic heterocycles. The Hall–Kier alpha value is -0.610. The quantitative estimate of drug-likeness (QED) is 0.700. The topological polar surface area (TPSA) is 52.6 Å². The molecule has 1 rings (SSSR count). The van der Waals surface area contributed by atoms with Crippen molar-refractivity contribution in [3.63, 3.8) is 0 Å². The van der Waals surface area contributed by atoms with Gasteiger partial charge in [-0.25, -0.2) is 0 Å². The van der Waals surface area contributed by atoms with Crippen molar-refractivity contribution in [2.75, 3.05) is 19.6 Å². The highest BCUT2D eigenvalue weighted by molar-refractivity contribution is 5.78. The van der Waals surface area contributed by atoms with E-state index in [0.29, 0.717) is 19.6 Å². The summed E-state index contributed by atoms with van der Waals surface area (Å²) >= 11 is 0. The molecule has 1 unspecified atom stereocenters. The minimum Gasteiger partial charge on any atom is -0.390 e. The molecule has 0 aliphatic carbocycles. The molecule has 0 aromatic rings. The van der Waals surface area contributed by atoms with Crippen LogP contribution in [0.5, 0.6) is 0 Å². The lowest BCUT2D eigenvalue weighted by Gasteiger charge is -2.35. The van der Waals surface area contributed by atoms with Crippen LogP contribution in [0.25, 0.3) is 0 Å². The normalized spacial score (nSPS) is 19.1. The molecule has 1 heterocycles. The molecule has 0 aromatic heterocycles. The lowest BCUT2D eigenvalue weighted by molar-refractivity contribution is -0.125. The van der Waals surface area contributed by atoms with Gasteiger partial charge in [-0.2, -0.15) is 0 Å². The van der Waals surface area contributed by atoms with Crippen LogP contribution in [0.3, 0.4) is 0 Å². The van der Waals surface area contributed by atoms with E-state index in [1.165, 1.54) is 12.8 Å². The summed E-state index contributed by atoms with van der Waals surface area (Å²) in [6, 6.07) is 0.257. The van der Waals surface area contributed by atoms with Crippen molar-refractivity contribution in [3.05, 3.63) is 0 Å². The van der Waals surface area contributed by atoms with E-state index < -0.39 is 0 Å². The molecule has 0 bridgehead atoms. The van der Waals surface area contributed by atoms with Crippen LogP contribution in [0.4, 0.5) is 0 Å². The van der Waals surface area contributed by atoms with Crippen LogP contribution in [-0.2, 0) is 4.79 Å². The molecule has 2 N–H and O–H groups in total. The lowest BCUT2D eigenvalue weighted by atomic mass is 10.0. The van der Waals surface area contributed by atoms with Gasteiger partial charge in [0.1, 0.15) is 0 Å². The van der Waals surface area contributed by atoms with Gasteiger partial charge in [0.05, 0.1) is 12.6 Å². The first-order valence-corrected chi connectivity index (χ1v) is 6.67. The lowest BCUT2D eigenvalue weighted by Crippen LogP contribution is -2.54. The number of rotatable bonds is 7. The molecular weight excluding hydrogens is 216 g/mol. The molecule has 17 heavy (non-hydrogen) atoms. The van der Waals surface area contributed by atoms with Gasteiger partial charge in [0.15, 0.2) is 0 Å². The van der Waals surface area contributed by atoms with Gasteiger partial charge in [0.25, 0.3) is 0 Å². The number of aliphatic hydroxyl groups excluding tert-OH is 1. The molecule has 1 fully saturated rings. The highest BCUT2D eigenvalue weighted by Gasteiger charge is 2.26. The minimum atomic E-state index is -0.230. The highest BCUT2D eigenvalue weighted by atomic mass is 16.3. The Labute approximate surface area is 104 Å². The van der Waals surface area contributed by atoms with Crippen LogP contribution >= 0.6 is 0 Å². The van der Waals surface area contributed by atoms with E-state index in [-0.39, 0.29) is 18.1 Å². The van der Waals surface area contributed by atoms with Crippen molar-refractivity contribution in [1.82, 2.24) is 10.2 Å². The SMILES string of the molecule is CC(C)CCCC(C)NC(=O)CN1CC(O)C1. The number of hydrogen-bond acceptors (Lipinski definition) is 3. The van der Waals surface area contributed by atoms with E-state index in [4.69, 9.17) is 5.11 Å². The second kappa shape index (κ2) is 6.97. The largest absolute Gasteiger partial charge is 0.390 e. The number of likely N-dealkylation sites (tertiary alicyclic amines) is 1. The number of amides is 1. The summed E-state index contributed by atoms with van der Waals surface area (Å²) < 4.78 is 0. The molecule has 1 saturated heterocycles. The Morgan fingerprint density at radius 2 is 2.00 bits per heavy atom. The Morgan fingerprint density at radius 1 is 1.35 bits per heavy atom. The molecule has 0 aromatic carbocycles. The standard InChI is InChI=1S/C13H26N2O2/c1-10(2)5-4-6-11(3)14-13(17)9-15-7-12(16)8-15/h10-12,16H,4-9H2,1-3H3,(H,14,17). The highest BCUT2D eigenvalue weighted by Crippen LogP contribution is 2.09. The van der Waals surface area contributed by atoms with Gasteiger partial charge in [0, 0.05) is 19.1 Å². The third kappa shape index (κ3) is 6.03. The second-order valence-electron chi connectivity index (χ2n) is 5.64. The average molecular weight is 242 g/mol. The summed E-state index contributed by atoms with van der Waals surface area (Å²) in [6.07, 6.45) is 3.21. The number of carbonyl (C=O) groups excluding carboxylic acids is 1. The van der Waals surface area contributed by atoms with E-state index in [2.05, 4.69) is 26.1 Å². The first-order valence-electron chi connectivity index (χ1n) is 6.67. The zero-order valence-corrected chi connectivity index (χ0v) is 11.3. The number of hydrogen-bond donors (Lipinski definition) is 2. The van der Waals surface area contributed by atoms with Crippen molar-refractivity contribution < 1.29 is 9.90 Å². The molecular formula is C13H26N2O2. The van der Waals surface area contributed by atoms with E-state index in [1.807, 2.05) is 4.90 Å². The van der Waals surface area contributed by atoms with Crippen molar-refractivity contribution in [2.24, 2.45) is 5.92 Å². The number of β-amino-alcohol motifs (C(OH)–C–C–N with tert-alkyl or cyclic N) is 1. The van der Waals surface area contributed by atoms with Crippen LogP contribution in [-0.4, -0.2) is 47.7 Å². The molecule has 0 saturated carbocycles. The van der Waals surface area contributed by atoms with E-state index in [0.717, 1.165) is 12.3 Å². The van der Waals surface area contributed by atoms with Gasteiger partial charge in [-0.1, -0.05) is 26.7 Å². The van der Waals surface area contributed by atoms with Crippen molar-refractivity contribution in [3.8, 4) is 0 Å². The fourth-order valence-corrected chi connectivity index (χ4v) is 2.10. The van der Waals surface area contributed by atoms with E-state index >= 15 is 0 Å². The zero-order valence-electron chi connectivity index (χ0n) is 11.3. The number of nitrogens with one attached hydrogen (secondary N) is 1. The van der Waals surface area contributed by atoms with Gasteiger partial charge in [0.2, 0.25) is 5.91 Å². The van der Waals surface area contributed by atoms with Gasteiger partial charge < -0.3 is 10.4 Å². The Balaban J connectivity index is 2.04. The Bertz CT molecular complexity index is 238. The third-order valence-electron chi connectivity index (χ3n) is 3.13. The summed E-state index contributed by atoms with van der Waals surface area (Å²) in [5.41, 5.74) is 0. The molecule has 4 heteroatoms. The maximum absolute atomic E-state index is 11.6. The first-order chi connectivity index (χ1) is 7.97. The summed E-state index contributed by atoms with van der Waals surface area (Å²) in [5.74, 6) is 0.814. The predicted octanol–water partition coefficient (Wildman–Crippen LogP) is 0.994. The second-order valence-corrected chi connectivity index (χ2v) is 5.64. The maximum Gasteiger partial charge on any atom is 0.234 e. The fourth-order valence-electron chi connectivity index (χ4n) is 2.10. The van der Waals surface area contributed by atoms with Crippen LogP contribution in [0, 0.1) is 5.92 Å². The van der Waals surface area contributed by atoms with E-state index in [9.17, 15) is 4.79 Å². The number of aliphatic hydroxyl groups is 1. The smallest absolute Gasteiger partial charge is 0.234 e. The number of carbonyl (C=O) groups is 1. The van der Waals surface area contributed by atoms with Crippen LogP contribution in [0.2, 0.25) is 0 Å². The van der Waals surface area contributed by atoms with Crippen LogP contribution in [0.1, 0.15) is 40.0 Å². The number of nitrogens with zero attached hydrogens (tertiary/aromatic N) is 1. The van der Waals surface area contributed by atoms with Crippen LogP contribution < -0.4 is 5.32 Å². The fraction of sp³-hybridized carbons (Fsp3) is 0.923. The summed E-state index contributed by atoms with van der Waals surface area (Å²) in [6.45, 7) is 8.19. The van der Waals surface area contributed by atoms with Gasteiger partial charge in [-0.05, 0) is 19.3 Å². The predicted molar refractivity (Wildman–Crippen MR) is 68.7 cm³/mol. The third-order valence-corrected chi connectivity index (χ3v) is 3.13. The summed E-state index contributed by atoms with van der Waals surface area (Å²) in [5, 5.41) is 12.1. The Morgan fingerprint density at radius 3 is 2.53 bits per heavy atom. The molecule has 4 nitrogen and oxygen atoms in total. The first kappa shape index (κ1) is 14.5. The maximum atomic E-state index is 11.6. The molecule has 0 radical (unpaired) electrons. The summed E-state index contributed by atoms with van der Waals surface area (Å²) in [4.78, 5) is 13.6. The van der Waals surface area contributed by atoms with Gasteiger partial charge in [-0.15, -0.1) is 0 Å². The van der Waals surface area contributed by atoms with Crippen molar-refractivity contribution in [2.45, 2.75) is 52.2 Å². The van der Waals surface area contributed by atoms with Gasteiger partial charge in [-0.3, -0.25) is 9.69 Å². The monoisotopic (exact) mass is 242 g/mol. The zero-order chi connectivity index (χ0) is 12.8. The average Bonchev–Trinajstić information content (AvgIpc) is 2.14. The van der Waals surface area contributed by atoms with E-state index in [1.54, 1.807) is 0 Å². The molecule has 100 valence electrons. The molecule has 1 aliphatic rings. The minimum absolute atomic E-state index is 0.0777. The summed E-state index contributed by atoms with van der Waals surface area (Å²) in [7, 11) is 0.